The quantitative estimate of drug-likeness (QED) is 0.751. The molecule has 0 fully saturated rings. The molecule has 1 aromatic rings. The summed E-state index contributed by atoms with van der Waals surface area (Å²) < 4.78 is 16.8. The molecule has 72 valence electrons. The van der Waals surface area contributed by atoms with E-state index >= 15 is 0 Å². The van der Waals surface area contributed by atoms with Crippen LogP contribution in [0.15, 0.2) is 24.3 Å². The van der Waals surface area contributed by atoms with E-state index in [1.807, 2.05) is 31.3 Å². The molecular formula is C10H14FNO. The van der Waals surface area contributed by atoms with Crippen molar-refractivity contribution in [2.45, 2.75) is 6.54 Å². The van der Waals surface area contributed by atoms with E-state index in [1.54, 1.807) is 0 Å². The van der Waals surface area contributed by atoms with E-state index in [9.17, 15) is 4.39 Å². The Balaban J connectivity index is 2.48. The highest BCUT2D eigenvalue weighted by Crippen LogP contribution is 2.11. The molecule has 3 heteroatoms. The van der Waals surface area contributed by atoms with Gasteiger partial charge in [-0.05, 0) is 24.7 Å². The van der Waals surface area contributed by atoms with Gasteiger partial charge in [-0.2, -0.15) is 0 Å². The van der Waals surface area contributed by atoms with Crippen molar-refractivity contribution in [1.82, 2.24) is 5.32 Å². The first-order chi connectivity index (χ1) is 6.36. The maximum Gasteiger partial charge on any atom is 0.123 e. The third kappa shape index (κ3) is 3.42. The van der Waals surface area contributed by atoms with Crippen LogP contribution < -0.4 is 10.1 Å². The monoisotopic (exact) mass is 183 g/mol. The molecular weight excluding hydrogens is 169 g/mol. The minimum absolute atomic E-state index is 0.130. The highest BCUT2D eigenvalue weighted by atomic mass is 19.1. The molecule has 0 saturated heterocycles. The van der Waals surface area contributed by atoms with Crippen molar-refractivity contribution in [1.29, 1.82) is 0 Å². The number of hydrogen-bond acceptors (Lipinski definition) is 2. The summed E-state index contributed by atoms with van der Waals surface area (Å²) in [5.41, 5.74) is 1.19. The lowest BCUT2D eigenvalue weighted by atomic mass is 10.2. The van der Waals surface area contributed by atoms with Gasteiger partial charge in [-0.1, -0.05) is 12.1 Å². The largest absolute Gasteiger partial charge is 0.491 e. The summed E-state index contributed by atoms with van der Waals surface area (Å²) in [6, 6.07) is 7.62. The normalized spacial score (nSPS) is 10.0. The Hall–Kier alpha value is -1.09. The van der Waals surface area contributed by atoms with Gasteiger partial charge in [0, 0.05) is 6.54 Å². The molecule has 0 amide bonds. The summed E-state index contributed by atoms with van der Waals surface area (Å²) in [5, 5.41) is 3.05. The van der Waals surface area contributed by atoms with Gasteiger partial charge in [0.15, 0.2) is 0 Å². The fraction of sp³-hybridized carbons (Fsp3) is 0.400. The van der Waals surface area contributed by atoms with Gasteiger partial charge in [-0.25, -0.2) is 4.39 Å². The Morgan fingerprint density at radius 2 is 2.00 bits per heavy atom. The van der Waals surface area contributed by atoms with Crippen LogP contribution in [0.5, 0.6) is 5.75 Å². The van der Waals surface area contributed by atoms with Gasteiger partial charge in [0.25, 0.3) is 0 Å². The molecule has 0 bridgehead atoms. The minimum atomic E-state index is -0.446. The van der Waals surface area contributed by atoms with Crippen molar-refractivity contribution >= 4 is 0 Å². The van der Waals surface area contributed by atoms with Crippen LogP contribution in [0.25, 0.3) is 0 Å². The topological polar surface area (TPSA) is 21.3 Å². The molecule has 0 aliphatic heterocycles. The maximum atomic E-state index is 11.7. The van der Waals surface area contributed by atoms with E-state index in [1.165, 1.54) is 5.56 Å². The second-order valence-electron chi connectivity index (χ2n) is 2.71. The Morgan fingerprint density at radius 3 is 2.54 bits per heavy atom. The highest BCUT2D eigenvalue weighted by molar-refractivity contribution is 5.27. The van der Waals surface area contributed by atoms with E-state index in [0.29, 0.717) is 0 Å². The zero-order chi connectivity index (χ0) is 9.52. The van der Waals surface area contributed by atoms with Crippen LogP contribution in [0.4, 0.5) is 4.39 Å². The SMILES string of the molecule is CNCc1ccc(OCCF)cc1. The summed E-state index contributed by atoms with van der Waals surface area (Å²) in [6.45, 7) is 0.521. The average molecular weight is 183 g/mol. The van der Waals surface area contributed by atoms with Crippen LogP contribution >= 0.6 is 0 Å². The summed E-state index contributed by atoms with van der Waals surface area (Å²) >= 11 is 0. The smallest absolute Gasteiger partial charge is 0.123 e. The molecule has 0 unspecified atom stereocenters. The van der Waals surface area contributed by atoms with E-state index < -0.39 is 6.67 Å². The van der Waals surface area contributed by atoms with E-state index in [-0.39, 0.29) is 6.61 Å². The molecule has 0 aromatic heterocycles. The van der Waals surface area contributed by atoms with Crippen molar-refractivity contribution in [2.24, 2.45) is 0 Å². The molecule has 1 N–H and O–H groups in total. The number of halogens is 1. The van der Waals surface area contributed by atoms with Crippen LogP contribution in [0.1, 0.15) is 5.56 Å². The predicted octanol–water partition coefficient (Wildman–Crippen LogP) is 1.75. The first-order valence-corrected chi connectivity index (χ1v) is 4.29. The van der Waals surface area contributed by atoms with Crippen molar-refractivity contribution in [3.05, 3.63) is 29.8 Å². The first-order valence-electron chi connectivity index (χ1n) is 4.29. The third-order valence-corrected chi connectivity index (χ3v) is 1.65. The van der Waals surface area contributed by atoms with E-state index in [2.05, 4.69) is 5.32 Å². The molecule has 0 heterocycles. The number of benzene rings is 1. The van der Waals surface area contributed by atoms with Crippen LogP contribution in [0, 0.1) is 0 Å². The Kier molecular flexibility index (Phi) is 4.26. The second-order valence-corrected chi connectivity index (χ2v) is 2.71. The molecule has 0 radical (unpaired) electrons. The summed E-state index contributed by atoms with van der Waals surface area (Å²) in [7, 11) is 1.90. The summed E-state index contributed by atoms with van der Waals surface area (Å²) in [5.74, 6) is 0.720. The van der Waals surface area contributed by atoms with Gasteiger partial charge >= 0.3 is 0 Å². The molecule has 0 saturated carbocycles. The maximum absolute atomic E-state index is 11.7. The van der Waals surface area contributed by atoms with Crippen molar-refractivity contribution in [2.75, 3.05) is 20.3 Å². The van der Waals surface area contributed by atoms with Gasteiger partial charge in [-0.3, -0.25) is 0 Å². The lowest BCUT2D eigenvalue weighted by molar-refractivity contribution is 0.273. The Morgan fingerprint density at radius 1 is 1.31 bits per heavy atom. The number of rotatable bonds is 5. The van der Waals surface area contributed by atoms with Gasteiger partial charge < -0.3 is 10.1 Å². The standard InChI is InChI=1S/C10H14FNO/c1-12-8-9-2-4-10(5-3-9)13-7-6-11/h2-5,12H,6-8H2,1H3. The first kappa shape index (κ1) is 9.99. The van der Waals surface area contributed by atoms with Crippen molar-refractivity contribution < 1.29 is 9.13 Å². The van der Waals surface area contributed by atoms with Crippen molar-refractivity contribution in [3.8, 4) is 5.75 Å². The molecule has 1 rings (SSSR count). The van der Waals surface area contributed by atoms with Crippen molar-refractivity contribution in [3.63, 3.8) is 0 Å². The Bertz CT molecular complexity index is 235. The van der Waals surface area contributed by atoms with Crippen LogP contribution in [0.2, 0.25) is 0 Å². The van der Waals surface area contributed by atoms with Gasteiger partial charge in [0.05, 0.1) is 0 Å². The lowest BCUT2D eigenvalue weighted by Gasteiger charge is -2.04. The molecule has 0 spiro atoms. The van der Waals surface area contributed by atoms with Crippen LogP contribution in [-0.2, 0) is 6.54 Å². The molecule has 1 aromatic carbocycles. The van der Waals surface area contributed by atoms with E-state index in [0.717, 1.165) is 12.3 Å². The van der Waals surface area contributed by atoms with Gasteiger partial charge in [0.2, 0.25) is 0 Å². The number of ether oxygens (including phenoxy) is 1. The molecule has 0 aliphatic carbocycles. The summed E-state index contributed by atoms with van der Waals surface area (Å²) in [4.78, 5) is 0. The average Bonchev–Trinajstić information content (AvgIpc) is 2.17. The van der Waals surface area contributed by atoms with E-state index in [4.69, 9.17) is 4.74 Å². The second kappa shape index (κ2) is 5.54. The lowest BCUT2D eigenvalue weighted by Crippen LogP contribution is -2.05. The predicted molar refractivity (Wildman–Crippen MR) is 50.7 cm³/mol. The fourth-order valence-electron chi connectivity index (χ4n) is 1.06. The van der Waals surface area contributed by atoms with Gasteiger partial charge in [0.1, 0.15) is 19.0 Å². The third-order valence-electron chi connectivity index (χ3n) is 1.65. The number of nitrogens with one attached hydrogen (secondary N) is 1. The molecule has 0 aliphatic rings. The number of hydrogen-bond donors (Lipinski definition) is 1. The minimum Gasteiger partial charge on any atom is -0.491 e. The van der Waals surface area contributed by atoms with Crippen LogP contribution in [-0.4, -0.2) is 20.3 Å². The van der Waals surface area contributed by atoms with Gasteiger partial charge in [-0.15, -0.1) is 0 Å². The number of alkyl halides is 1. The molecule has 13 heavy (non-hydrogen) atoms. The zero-order valence-corrected chi connectivity index (χ0v) is 7.72. The molecule has 2 nitrogen and oxygen atoms in total. The highest BCUT2D eigenvalue weighted by Gasteiger charge is 1.93. The van der Waals surface area contributed by atoms with Crippen LogP contribution in [0.3, 0.4) is 0 Å². The zero-order valence-electron chi connectivity index (χ0n) is 7.72. The fourth-order valence-corrected chi connectivity index (χ4v) is 1.06. The Labute approximate surface area is 77.7 Å². The summed E-state index contributed by atoms with van der Waals surface area (Å²) in [6.07, 6.45) is 0. The molecule has 0 atom stereocenters.